The van der Waals surface area contributed by atoms with E-state index < -0.39 is 49.0 Å². The second-order valence-corrected chi connectivity index (χ2v) is 10.3. The molecular formula is C21H27N2O10P. The molecule has 3 heterocycles. The standard InChI is InChI=1S/C21H27N2O10P/c1-3-21(27)17-15(32-19(21)23-10-8-16(24)22-20(23)26)12-30-34(28,33-17)29-11-9-13(2)18(25)31-14-6-4-5-7-14/h1,8,10,13-15,17,19,27H,4-7,9,11-12H2,2H3,(H,22,24,26)/t13-,15+,17+,19+,21+,34-/m0/s1. The maximum Gasteiger partial charge on any atom is 0.475 e. The number of nitrogens with one attached hydrogen (secondary N) is 1. The SMILES string of the molecule is C#C[C@@]1(O)[C@@H]2O[P@@](=O)(OCC[C@H](C)C(=O)OC3CCCC3)OC[C@H]2O[C@H]1n1ccc(=O)[nH]c1=O. The molecular weight excluding hydrogens is 471 g/mol. The molecule has 186 valence electrons. The Hall–Kier alpha value is -2.26. The second kappa shape index (κ2) is 9.77. The lowest BCUT2D eigenvalue weighted by Gasteiger charge is -2.34. The summed E-state index contributed by atoms with van der Waals surface area (Å²) >= 11 is 0. The van der Waals surface area contributed by atoms with E-state index in [0.717, 1.165) is 42.5 Å². The Kier molecular flexibility index (Phi) is 7.14. The van der Waals surface area contributed by atoms with Crippen LogP contribution in [-0.2, 0) is 32.4 Å². The van der Waals surface area contributed by atoms with E-state index in [0.29, 0.717) is 0 Å². The van der Waals surface area contributed by atoms with Gasteiger partial charge in [0.2, 0.25) is 0 Å². The molecule has 0 bridgehead atoms. The molecule has 4 rings (SSSR count). The van der Waals surface area contributed by atoms with Gasteiger partial charge in [-0.3, -0.25) is 32.7 Å². The van der Waals surface area contributed by atoms with Gasteiger partial charge in [-0.05, 0) is 32.1 Å². The number of carbonyl (C=O) groups is 1. The fraction of sp³-hybridized carbons (Fsp3) is 0.667. The minimum atomic E-state index is -4.16. The van der Waals surface area contributed by atoms with Crippen molar-refractivity contribution in [2.75, 3.05) is 13.2 Å². The van der Waals surface area contributed by atoms with Crippen LogP contribution in [0.5, 0.6) is 0 Å². The minimum absolute atomic E-state index is 0.0529. The summed E-state index contributed by atoms with van der Waals surface area (Å²) in [5.74, 6) is 1.32. The van der Waals surface area contributed by atoms with Crippen molar-refractivity contribution in [2.45, 2.75) is 69.2 Å². The number of terminal acetylenes is 1. The molecule has 3 fully saturated rings. The maximum atomic E-state index is 13.0. The molecule has 2 aliphatic heterocycles. The van der Waals surface area contributed by atoms with Gasteiger partial charge in [0, 0.05) is 12.3 Å². The Balaban J connectivity index is 1.38. The highest BCUT2D eigenvalue weighted by Gasteiger charge is 2.62. The number of nitrogens with zero attached hydrogens (tertiary/aromatic N) is 1. The summed E-state index contributed by atoms with van der Waals surface area (Å²) in [6, 6.07) is 1.06. The molecule has 34 heavy (non-hydrogen) atoms. The Morgan fingerprint density at radius 1 is 1.44 bits per heavy atom. The number of aromatic nitrogens is 2. The average Bonchev–Trinajstić information content (AvgIpc) is 3.40. The quantitative estimate of drug-likeness (QED) is 0.314. The van der Waals surface area contributed by atoms with Crippen LogP contribution in [-0.4, -0.2) is 57.8 Å². The molecule has 2 N–H and O–H groups in total. The van der Waals surface area contributed by atoms with Crippen molar-refractivity contribution in [2.24, 2.45) is 5.92 Å². The highest BCUT2D eigenvalue weighted by molar-refractivity contribution is 7.48. The van der Waals surface area contributed by atoms with E-state index in [-0.39, 0.29) is 31.7 Å². The third-order valence-electron chi connectivity index (χ3n) is 6.21. The van der Waals surface area contributed by atoms with Crippen molar-refractivity contribution in [1.82, 2.24) is 9.55 Å². The van der Waals surface area contributed by atoms with Gasteiger partial charge >= 0.3 is 19.5 Å². The summed E-state index contributed by atoms with van der Waals surface area (Å²) < 4.78 is 41.1. The van der Waals surface area contributed by atoms with E-state index in [1.54, 1.807) is 6.92 Å². The highest BCUT2D eigenvalue weighted by atomic mass is 31.2. The second-order valence-electron chi connectivity index (χ2n) is 8.65. The zero-order chi connectivity index (χ0) is 24.5. The molecule has 1 saturated carbocycles. The first kappa shape index (κ1) is 24.9. The molecule has 0 radical (unpaired) electrons. The summed E-state index contributed by atoms with van der Waals surface area (Å²) in [5, 5.41) is 11.1. The zero-order valence-electron chi connectivity index (χ0n) is 18.6. The van der Waals surface area contributed by atoms with Gasteiger partial charge in [-0.1, -0.05) is 12.8 Å². The van der Waals surface area contributed by atoms with Crippen LogP contribution in [0.25, 0.3) is 0 Å². The average molecular weight is 498 g/mol. The first-order valence-corrected chi connectivity index (χ1v) is 12.6. The largest absolute Gasteiger partial charge is 0.475 e. The van der Waals surface area contributed by atoms with Gasteiger partial charge in [-0.25, -0.2) is 9.36 Å². The Bertz CT molecular complexity index is 1120. The Morgan fingerprint density at radius 2 is 2.18 bits per heavy atom. The number of H-pyrrole nitrogens is 1. The number of hydrogen-bond acceptors (Lipinski definition) is 10. The third-order valence-corrected chi connectivity index (χ3v) is 7.66. The summed E-state index contributed by atoms with van der Waals surface area (Å²) in [5.41, 5.74) is -3.71. The summed E-state index contributed by atoms with van der Waals surface area (Å²) in [6.45, 7) is 1.26. The summed E-state index contributed by atoms with van der Waals surface area (Å²) in [7, 11) is -4.16. The summed E-state index contributed by atoms with van der Waals surface area (Å²) in [6.07, 6.45) is 6.89. The highest BCUT2D eigenvalue weighted by Crippen LogP contribution is 2.58. The van der Waals surface area contributed by atoms with Gasteiger partial charge in [-0.15, -0.1) is 6.42 Å². The van der Waals surface area contributed by atoms with Crippen molar-refractivity contribution < 1.29 is 37.5 Å². The van der Waals surface area contributed by atoms with E-state index in [9.17, 15) is 24.1 Å². The molecule has 1 aromatic rings. The van der Waals surface area contributed by atoms with Crippen LogP contribution in [0.3, 0.4) is 0 Å². The number of fused-ring (bicyclic) bond motifs is 1. The first-order chi connectivity index (χ1) is 16.1. The van der Waals surface area contributed by atoms with Crippen LogP contribution in [0, 0.1) is 18.3 Å². The van der Waals surface area contributed by atoms with Crippen molar-refractivity contribution in [3.05, 3.63) is 33.1 Å². The van der Waals surface area contributed by atoms with E-state index in [4.69, 9.17) is 29.5 Å². The first-order valence-electron chi connectivity index (χ1n) is 11.1. The molecule has 1 aliphatic carbocycles. The molecule has 0 unspecified atom stereocenters. The monoisotopic (exact) mass is 498 g/mol. The van der Waals surface area contributed by atoms with Gasteiger partial charge < -0.3 is 14.6 Å². The molecule has 3 aliphatic rings. The molecule has 12 nitrogen and oxygen atoms in total. The van der Waals surface area contributed by atoms with Crippen LogP contribution < -0.4 is 11.2 Å². The molecule has 13 heteroatoms. The predicted molar refractivity (Wildman–Crippen MR) is 116 cm³/mol. The van der Waals surface area contributed by atoms with Crippen LogP contribution in [0.15, 0.2) is 21.9 Å². The van der Waals surface area contributed by atoms with Crippen LogP contribution >= 0.6 is 7.82 Å². The van der Waals surface area contributed by atoms with Crippen molar-refractivity contribution in [1.29, 1.82) is 0 Å². The van der Waals surface area contributed by atoms with Crippen LogP contribution in [0.1, 0.15) is 45.3 Å². The van der Waals surface area contributed by atoms with Gasteiger partial charge in [0.25, 0.3) is 5.56 Å². The van der Waals surface area contributed by atoms with Crippen LogP contribution in [0.2, 0.25) is 0 Å². The fourth-order valence-electron chi connectivity index (χ4n) is 4.23. The number of carbonyl (C=O) groups excluding carboxylic acids is 1. The minimum Gasteiger partial charge on any atom is -0.462 e. The molecule has 6 atom stereocenters. The number of aliphatic hydroxyl groups is 1. The van der Waals surface area contributed by atoms with E-state index in [1.807, 2.05) is 4.98 Å². The van der Waals surface area contributed by atoms with Crippen LogP contribution in [0.4, 0.5) is 0 Å². The number of phosphoric acid groups is 1. The third kappa shape index (κ3) is 4.91. The number of esters is 1. The number of phosphoric ester groups is 1. The number of rotatable bonds is 7. The van der Waals surface area contributed by atoms with Gasteiger partial charge in [0.05, 0.1) is 19.1 Å². The van der Waals surface area contributed by atoms with Crippen molar-refractivity contribution in [3.63, 3.8) is 0 Å². The van der Waals surface area contributed by atoms with Gasteiger partial charge in [0.15, 0.2) is 11.8 Å². The Labute approximate surface area is 195 Å². The topological polar surface area (TPSA) is 155 Å². The maximum absolute atomic E-state index is 13.0. The number of aromatic amines is 1. The van der Waals surface area contributed by atoms with Crippen molar-refractivity contribution in [3.8, 4) is 12.3 Å². The van der Waals surface area contributed by atoms with E-state index >= 15 is 0 Å². The van der Waals surface area contributed by atoms with E-state index in [1.165, 1.54) is 0 Å². The smallest absolute Gasteiger partial charge is 0.462 e. The number of hydrogen-bond donors (Lipinski definition) is 2. The predicted octanol–water partition coefficient (Wildman–Crippen LogP) is 0.850. The summed E-state index contributed by atoms with van der Waals surface area (Å²) in [4.78, 5) is 37.8. The zero-order valence-corrected chi connectivity index (χ0v) is 19.5. The fourth-order valence-corrected chi connectivity index (χ4v) is 5.66. The Morgan fingerprint density at radius 3 is 2.85 bits per heavy atom. The molecule has 1 aromatic heterocycles. The molecule has 0 aromatic carbocycles. The van der Waals surface area contributed by atoms with Crippen molar-refractivity contribution >= 4 is 13.8 Å². The molecule has 0 spiro atoms. The molecule has 2 saturated heterocycles. The lowest BCUT2D eigenvalue weighted by atomic mass is 9.95. The van der Waals surface area contributed by atoms with Gasteiger partial charge in [-0.2, -0.15) is 0 Å². The lowest BCUT2D eigenvalue weighted by Crippen LogP contribution is -2.50. The number of ether oxygens (including phenoxy) is 2. The molecule has 0 amide bonds. The van der Waals surface area contributed by atoms with Gasteiger partial charge in [0.1, 0.15) is 18.3 Å². The van der Waals surface area contributed by atoms with E-state index in [2.05, 4.69) is 5.92 Å². The lowest BCUT2D eigenvalue weighted by molar-refractivity contribution is -0.153. The normalized spacial score (nSPS) is 34.3.